The van der Waals surface area contributed by atoms with Crippen molar-refractivity contribution in [3.8, 4) is 0 Å². The van der Waals surface area contributed by atoms with Crippen molar-refractivity contribution < 1.29 is 9.53 Å². The third-order valence-electron chi connectivity index (χ3n) is 2.41. The van der Waals surface area contributed by atoms with Gasteiger partial charge in [-0.25, -0.2) is 0 Å². The van der Waals surface area contributed by atoms with Crippen LogP contribution in [0.25, 0.3) is 0 Å². The highest BCUT2D eigenvalue weighted by atomic mass is 16.5. The Morgan fingerprint density at radius 1 is 1.35 bits per heavy atom. The second-order valence-electron chi connectivity index (χ2n) is 3.86. The summed E-state index contributed by atoms with van der Waals surface area (Å²) in [6, 6.07) is 9.94. The van der Waals surface area contributed by atoms with E-state index in [0.29, 0.717) is 13.2 Å². The predicted molar refractivity (Wildman–Crippen MR) is 67.7 cm³/mol. The molecule has 0 aliphatic carbocycles. The van der Waals surface area contributed by atoms with Gasteiger partial charge in [0, 0.05) is 27.1 Å². The molecule has 0 saturated heterocycles. The lowest BCUT2D eigenvalue weighted by atomic mass is 10.1. The Kier molecular flexibility index (Phi) is 6.29. The van der Waals surface area contributed by atoms with Gasteiger partial charge >= 0.3 is 0 Å². The first-order chi connectivity index (χ1) is 8.24. The summed E-state index contributed by atoms with van der Waals surface area (Å²) in [5.41, 5.74) is 1.10. The molecule has 17 heavy (non-hydrogen) atoms. The number of amides is 1. The van der Waals surface area contributed by atoms with Gasteiger partial charge in [-0.15, -0.1) is 0 Å². The second kappa shape index (κ2) is 7.81. The maximum absolute atomic E-state index is 11.2. The van der Waals surface area contributed by atoms with Crippen LogP contribution in [0.2, 0.25) is 0 Å². The highest BCUT2D eigenvalue weighted by Gasteiger charge is 2.11. The second-order valence-corrected chi connectivity index (χ2v) is 3.86. The highest BCUT2D eigenvalue weighted by Crippen LogP contribution is 2.11. The van der Waals surface area contributed by atoms with Gasteiger partial charge in [-0.3, -0.25) is 4.79 Å². The Morgan fingerprint density at radius 2 is 2.06 bits per heavy atom. The van der Waals surface area contributed by atoms with Crippen molar-refractivity contribution in [3.05, 3.63) is 35.9 Å². The average molecular weight is 236 g/mol. The summed E-state index contributed by atoms with van der Waals surface area (Å²) >= 11 is 0. The third kappa shape index (κ3) is 5.47. The Bertz CT molecular complexity index is 327. The van der Waals surface area contributed by atoms with Crippen molar-refractivity contribution in [2.45, 2.75) is 13.0 Å². The fourth-order valence-electron chi connectivity index (χ4n) is 1.60. The first kappa shape index (κ1) is 13.7. The van der Waals surface area contributed by atoms with Crippen LogP contribution in [-0.2, 0) is 9.53 Å². The largest absolute Gasteiger partial charge is 0.383 e. The first-order valence-corrected chi connectivity index (χ1v) is 5.75. The number of hydrogen-bond donors (Lipinski definition) is 2. The molecule has 2 N–H and O–H groups in total. The van der Waals surface area contributed by atoms with Gasteiger partial charge in [-0.05, 0) is 5.56 Å². The summed E-state index contributed by atoms with van der Waals surface area (Å²) in [6.45, 7) is 3.68. The molecule has 4 heteroatoms. The summed E-state index contributed by atoms with van der Waals surface area (Å²) in [4.78, 5) is 11.2. The minimum atomic E-state index is -0.0209. The van der Waals surface area contributed by atoms with Gasteiger partial charge < -0.3 is 15.4 Å². The quantitative estimate of drug-likeness (QED) is 0.697. The smallest absolute Gasteiger partial charge is 0.217 e. The fraction of sp³-hybridized carbons (Fsp3) is 0.462. The SMILES string of the molecule is COCCNCC(NC(C)=O)c1ccccc1. The van der Waals surface area contributed by atoms with E-state index < -0.39 is 0 Å². The molecule has 4 nitrogen and oxygen atoms in total. The summed E-state index contributed by atoms with van der Waals surface area (Å²) in [6.07, 6.45) is 0. The number of rotatable bonds is 7. The number of ether oxygens (including phenoxy) is 1. The van der Waals surface area contributed by atoms with Gasteiger partial charge in [0.15, 0.2) is 0 Å². The van der Waals surface area contributed by atoms with Gasteiger partial charge in [0.1, 0.15) is 0 Å². The minimum Gasteiger partial charge on any atom is -0.383 e. The summed E-state index contributed by atoms with van der Waals surface area (Å²) in [7, 11) is 1.67. The Labute approximate surface area is 102 Å². The van der Waals surface area contributed by atoms with Crippen LogP contribution >= 0.6 is 0 Å². The van der Waals surface area contributed by atoms with Gasteiger partial charge in [-0.1, -0.05) is 30.3 Å². The summed E-state index contributed by atoms with van der Waals surface area (Å²) < 4.78 is 4.96. The maximum atomic E-state index is 11.2. The fourth-order valence-corrected chi connectivity index (χ4v) is 1.60. The number of carbonyl (C=O) groups is 1. The molecule has 0 spiro atoms. The van der Waals surface area contributed by atoms with Crippen LogP contribution in [0.4, 0.5) is 0 Å². The molecule has 0 saturated carbocycles. The van der Waals surface area contributed by atoms with E-state index in [4.69, 9.17) is 4.74 Å². The van der Waals surface area contributed by atoms with Crippen LogP contribution < -0.4 is 10.6 Å². The summed E-state index contributed by atoms with van der Waals surface area (Å²) in [5.74, 6) is -0.0209. The van der Waals surface area contributed by atoms with Crippen LogP contribution in [0.1, 0.15) is 18.5 Å². The number of methoxy groups -OCH3 is 1. The van der Waals surface area contributed by atoms with Crippen molar-refractivity contribution in [2.75, 3.05) is 26.8 Å². The Balaban J connectivity index is 2.52. The van der Waals surface area contributed by atoms with Crippen LogP contribution in [0.5, 0.6) is 0 Å². The summed E-state index contributed by atoms with van der Waals surface area (Å²) in [5, 5.41) is 6.18. The molecule has 1 aromatic carbocycles. The molecular weight excluding hydrogens is 216 g/mol. The van der Waals surface area contributed by atoms with Crippen molar-refractivity contribution in [3.63, 3.8) is 0 Å². The van der Waals surface area contributed by atoms with Crippen molar-refractivity contribution in [2.24, 2.45) is 0 Å². The van der Waals surface area contributed by atoms with E-state index in [1.54, 1.807) is 7.11 Å². The molecule has 0 aromatic heterocycles. The molecule has 1 rings (SSSR count). The molecule has 0 heterocycles. The molecule has 0 fully saturated rings. The number of carbonyl (C=O) groups excluding carboxylic acids is 1. The molecule has 94 valence electrons. The van der Waals surface area contributed by atoms with E-state index >= 15 is 0 Å². The van der Waals surface area contributed by atoms with Crippen LogP contribution in [-0.4, -0.2) is 32.7 Å². The molecule has 0 radical (unpaired) electrons. The molecule has 1 atom stereocenters. The van der Waals surface area contributed by atoms with E-state index in [1.807, 2.05) is 30.3 Å². The van der Waals surface area contributed by atoms with Crippen LogP contribution in [0.15, 0.2) is 30.3 Å². The van der Waals surface area contributed by atoms with Gasteiger partial charge in [0.05, 0.1) is 12.6 Å². The molecule has 0 aliphatic rings. The minimum absolute atomic E-state index is 0.00514. The molecule has 1 unspecified atom stereocenters. The number of hydrogen-bond acceptors (Lipinski definition) is 3. The van der Waals surface area contributed by atoms with Crippen LogP contribution in [0, 0.1) is 0 Å². The molecule has 1 amide bonds. The molecule has 0 bridgehead atoms. The zero-order valence-electron chi connectivity index (χ0n) is 10.4. The lowest BCUT2D eigenvalue weighted by Gasteiger charge is -2.18. The topological polar surface area (TPSA) is 50.4 Å². The molecule has 1 aromatic rings. The van der Waals surface area contributed by atoms with Gasteiger partial charge in [0.2, 0.25) is 5.91 Å². The number of benzene rings is 1. The van der Waals surface area contributed by atoms with E-state index in [-0.39, 0.29) is 11.9 Å². The standard InChI is InChI=1S/C13H20N2O2/c1-11(16)15-13(10-14-8-9-17-2)12-6-4-3-5-7-12/h3-7,13-14H,8-10H2,1-2H3,(H,15,16). The van der Waals surface area contributed by atoms with E-state index in [2.05, 4.69) is 10.6 Å². The molecular formula is C13H20N2O2. The highest BCUT2D eigenvalue weighted by molar-refractivity contribution is 5.73. The van der Waals surface area contributed by atoms with Crippen molar-refractivity contribution in [1.29, 1.82) is 0 Å². The average Bonchev–Trinajstić information content (AvgIpc) is 2.34. The van der Waals surface area contributed by atoms with Gasteiger partial charge in [0.25, 0.3) is 0 Å². The molecule has 0 aliphatic heterocycles. The van der Waals surface area contributed by atoms with Gasteiger partial charge in [-0.2, -0.15) is 0 Å². The van der Waals surface area contributed by atoms with E-state index in [0.717, 1.165) is 12.1 Å². The van der Waals surface area contributed by atoms with E-state index in [9.17, 15) is 4.79 Å². The Hall–Kier alpha value is -1.39. The van der Waals surface area contributed by atoms with Crippen molar-refractivity contribution >= 4 is 5.91 Å². The van der Waals surface area contributed by atoms with E-state index in [1.165, 1.54) is 6.92 Å². The lowest BCUT2D eigenvalue weighted by molar-refractivity contribution is -0.119. The zero-order chi connectivity index (χ0) is 12.5. The zero-order valence-corrected chi connectivity index (χ0v) is 10.4. The third-order valence-corrected chi connectivity index (χ3v) is 2.41. The monoisotopic (exact) mass is 236 g/mol. The number of nitrogens with one attached hydrogen (secondary N) is 2. The lowest BCUT2D eigenvalue weighted by Crippen LogP contribution is -2.35. The predicted octanol–water partition coefficient (Wildman–Crippen LogP) is 1.10. The maximum Gasteiger partial charge on any atom is 0.217 e. The first-order valence-electron chi connectivity index (χ1n) is 5.75. The van der Waals surface area contributed by atoms with Crippen molar-refractivity contribution in [1.82, 2.24) is 10.6 Å². The Morgan fingerprint density at radius 3 is 2.65 bits per heavy atom. The van der Waals surface area contributed by atoms with Crippen LogP contribution in [0.3, 0.4) is 0 Å². The normalized spacial score (nSPS) is 12.1.